The van der Waals surface area contributed by atoms with Crippen LogP contribution in [-0.4, -0.2) is 16.7 Å². The Morgan fingerprint density at radius 3 is 3.07 bits per heavy atom. The number of halogens is 1. The highest BCUT2D eigenvalue weighted by Crippen LogP contribution is 2.23. The topological polar surface area (TPSA) is 54.7 Å². The van der Waals surface area contributed by atoms with Gasteiger partial charge in [-0.25, -0.2) is 4.39 Å². The monoisotopic (exact) mass is 193 g/mol. The van der Waals surface area contributed by atoms with Gasteiger partial charge in [-0.1, -0.05) is 19.1 Å². The van der Waals surface area contributed by atoms with E-state index in [0.29, 0.717) is 12.1 Å². The molecule has 1 unspecified atom stereocenters. The predicted molar refractivity (Wildman–Crippen MR) is 53.5 cm³/mol. The van der Waals surface area contributed by atoms with Gasteiger partial charge >= 0.3 is 0 Å². The number of hydrogen-bond acceptors (Lipinski definition) is 2. The maximum absolute atomic E-state index is 13.3. The molecule has 0 aliphatic carbocycles. The van der Waals surface area contributed by atoms with Crippen molar-refractivity contribution < 1.29 is 4.39 Å². The van der Waals surface area contributed by atoms with Crippen molar-refractivity contribution in [3.63, 3.8) is 0 Å². The normalized spacial score (nSPS) is 13.4. The van der Waals surface area contributed by atoms with Gasteiger partial charge in [0, 0.05) is 23.5 Å². The molecule has 4 heteroatoms. The molecule has 0 spiro atoms. The van der Waals surface area contributed by atoms with Crippen molar-refractivity contribution in [2.24, 2.45) is 5.73 Å². The Bertz CT molecular complexity index is 450. The highest BCUT2D eigenvalue weighted by Gasteiger charge is 2.12. The van der Waals surface area contributed by atoms with Crippen LogP contribution in [0.1, 0.15) is 18.5 Å². The highest BCUT2D eigenvalue weighted by molar-refractivity contribution is 5.82. The third-order valence-electron chi connectivity index (χ3n) is 2.41. The average Bonchev–Trinajstić information content (AvgIpc) is 2.62. The van der Waals surface area contributed by atoms with Crippen molar-refractivity contribution in [3.05, 3.63) is 29.7 Å². The van der Waals surface area contributed by atoms with Crippen LogP contribution in [0.3, 0.4) is 0 Å². The fourth-order valence-corrected chi connectivity index (χ4v) is 1.52. The minimum atomic E-state index is -0.297. The van der Waals surface area contributed by atoms with E-state index in [0.717, 1.165) is 11.1 Å². The van der Waals surface area contributed by atoms with Crippen LogP contribution in [0.4, 0.5) is 4.39 Å². The van der Waals surface area contributed by atoms with Gasteiger partial charge in [0.05, 0.1) is 0 Å². The molecule has 14 heavy (non-hydrogen) atoms. The van der Waals surface area contributed by atoms with E-state index in [4.69, 9.17) is 5.73 Å². The Labute approximate surface area is 81.1 Å². The van der Waals surface area contributed by atoms with E-state index in [9.17, 15) is 4.39 Å². The molecule has 1 aromatic carbocycles. The second-order valence-electron chi connectivity index (χ2n) is 3.41. The summed E-state index contributed by atoms with van der Waals surface area (Å²) in [4.78, 5) is 0. The molecule has 2 aromatic rings. The maximum Gasteiger partial charge on any atom is 0.151 e. The summed E-state index contributed by atoms with van der Waals surface area (Å²) in [5, 5.41) is 7.59. The van der Waals surface area contributed by atoms with Crippen molar-refractivity contribution in [2.45, 2.75) is 12.8 Å². The number of fused-ring (bicyclic) bond motifs is 1. The molecular weight excluding hydrogens is 181 g/mol. The fourth-order valence-electron chi connectivity index (χ4n) is 1.52. The van der Waals surface area contributed by atoms with Crippen LogP contribution in [0.5, 0.6) is 0 Å². The second kappa shape index (κ2) is 3.38. The summed E-state index contributed by atoms with van der Waals surface area (Å²) < 4.78 is 13.3. The summed E-state index contributed by atoms with van der Waals surface area (Å²) in [7, 11) is 0. The molecule has 3 nitrogen and oxygen atoms in total. The van der Waals surface area contributed by atoms with E-state index < -0.39 is 0 Å². The number of nitrogens with zero attached hydrogens (tertiary/aromatic N) is 1. The molecule has 74 valence electrons. The molecule has 3 N–H and O–H groups in total. The number of H-pyrrole nitrogens is 1. The van der Waals surface area contributed by atoms with E-state index >= 15 is 0 Å². The van der Waals surface area contributed by atoms with Crippen LogP contribution in [-0.2, 0) is 0 Å². The van der Waals surface area contributed by atoms with E-state index in [1.807, 2.05) is 13.0 Å². The molecule has 0 fully saturated rings. The number of rotatable bonds is 2. The fraction of sp³-hybridized carbons (Fsp3) is 0.300. The van der Waals surface area contributed by atoms with Gasteiger partial charge in [0.2, 0.25) is 0 Å². The smallest absolute Gasteiger partial charge is 0.151 e. The Morgan fingerprint density at radius 1 is 1.57 bits per heavy atom. The van der Waals surface area contributed by atoms with Crippen molar-refractivity contribution in [3.8, 4) is 0 Å². The van der Waals surface area contributed by atoms with Gasteiger partial charge in [-0.3, -0.25) is 5.10 Å². The summed E-state index contributed by atoms with van der Waals surface area (Å²) in [6.45, 7) is 2.51. The van der Waals surface area contributed by atoms with Crippen LogP contribution < -0.4 is 5.73 Å². The SMILES string of the molecule is CC(CN)c1[nH]nc2c(F)cccc12. The number of aromatic nitrogens is 2. The third kappa shape index (κ3) is 1.28. The minimum absolute atomic E-state index is 0.168. The Balaban J connectivity index is 2.63. The van der Waals surface area contributed by atoms with Crippen LogP contribution in [0, 0.1) is 5.82 Å². The maximum atomic E-state index is 13.3. The standard InChI is InChI=1S/C10H12FN3/c1-6(5-12)9-7-3-2-4-8(11)10(7)14-13-9/h2-4,6H,5,12H2,1H3,(H,13,14). The number of aromatic amines is 1. The number of hydrogen-bond donors (Lipinski definition) is 2. The zero-order valence-corrected chi connectivity index (χ0v) is 7.92. The summed E-state index contributed by atoms with van der Waals surface area (Å²) in [5.74, 6) is -0.129. The molecule has 1 atom stereocenters. The summed E-state index contributed by atoms with van der Waals surface area (Å²) in [6.07, 6.45) is 0. The lowest BCUT2D eigenvalue weighted by molar-refractivity contribution is 0.636. The van der Waals surface area contributed by atoms with Crippen LogP contribution in [0.15, 0.2) is 18.2 Å². The molecule has 0 radical (unpaired) electrons. The molecular formula is C10H12FN3. The lowest BCUT2D eigenvalue weighted by Crippen LogP contribution is -2.09. The van der Waals surface area contributed by atoms with Crippen molar-refractivity contribution in [2.75, 3.05) is 6.54 Å². The highest BCUT2D eigenvalue weighted by atomic mass is 19.1. The molecule has 0 aliphatic heterocycles. The first-order chi connectivity index (χ1) is 6.74. The molecule has 0 saturated heterocycles. The van der Waals surface area contributed by atoms with E-state index in [2.05, 4.69) is 10.2 Å². The zero-order chi connectivity index (χ0) is 10.1. The lowest BCUT2D eigenvalue weighted by Gasteiger charge is -2.05. The predicted octanol–water partition coefficient (Wildman–Crippen LogP) is 1.76. The molecule has 0 aliphatic rings. The van der Waals surface area contributed by atoms with Gasteiger partial charge in [-0.05, 0) is 6.07 Å². The molecule has 1 heterocycles. The molecule has 0 bridgehead atoms. The van der Waals surface area contributed by atoms with Crippen molar-refractivity contribution >= 4 is 10.9 Å². The average molecular weight is 193 g/mol. The Kier molecular flexibility index (Phi) is 2.21. The van der Waals surface area contributed by atoms with Gasteiger partial charge < -0.3 is 5.73 Å². The summed E-state index contributed by atoms with van der Waals surface area (Å²) >= 11 is 0. The largest absolute Gasteiger partial charge is 0.330 e. The first-order valence-corrected chi connectivity index (χ1v) is 4.56. The van der Waals surface area contributed by atoms with Gasteiger partial charge in [0.25, 0.3) is 0 Å². The lowest BCUT2D eigenvalue weighted by atomic mass is 10.0. The van der Waals surface area contributed by atoms with Gasteiger partial charge in [0.1, 0.15) is 5.52 Å². The first kappa shape index (κ1) is 9.15. The third-order valence-corrected chi connectivity index (χ3v) is 2.41. The molecule has 2 rings (SSSR count). The van der Waals surface area contributed by atoms with Crippen molar-refractivity contribution in [1.29, 1.82) is 0 Å². The number of para-hydroxylation sites is 1. The van der Waals surface area contributed by atoms with Crippen LogP contribution in [0.2, 0.25) is 0 Å². The molecule has 0 amide bonds. The van der Waals surface area contributed by atoms with Gasteiger partial charge in [0.15, 0.2) is 5.82 Å². The number of nitrogens with two attached hydrogens (primary N) is 1. The van der Waals surface area contributed by atoms with Gasteiger partial charge in [-0.15, -0.1) is 0 Å². The van der Waals surface area contributed by atoms with Crippen LogP contribution in [0.25, 0.3) is 10.9 Å². The Hall–Kier alpha value is -1.42. The summed E-state index contributed by atoms with van der Waals surface area (Å²) in [5.41, 5.74) is 6.85. The van der Waals surface area contributed by atoms with E-state index in [-0.39, 0.29) is 11.7 Å². The number of benzene rings is 1. The molecule has 0 saturated carbocycles. The Morgan fingerprint density at radius 2 is 2.36 bits per heavy atom. The quantitative estimate of drug-likeness (QED) is 0.763. The summed E-state index contributed by atoms with van der Waals surface area (Å²) in [6, 6.07) is 4.93. The minimum Gasteiger partial charge on any atom is -0.330 e. The van der Waals surface area contributed by atoms with Crippen molar-refractivity contribution in [1.82, 2.24) is 10.2 Å². The first-order valence-electron chi connectivity index (χ1n) is 4.56. The van der Waals surface area contributed by atoms with Gasteiger partial charge in [-0.2, -0.15) is 5.10 Å². The zero-order valence-electron chi connectivity index (χ0n) is 7.92. The van der Waals surface area contributed by atoms with E-state index in [1.54, 1.807) is 6.07 Å². The van der Waals surface area contributed by atoms with Crippen LogP contribution >= 0.6 is 0 Å². The molecule has 1 aromatic heterocycles. The number of nitrogens with one attached hydrogen (secondary N) is 1. The second-order valence-corrected chi connectivity index (χ2v) is 3.41. The van der Waals surface area contributed by atoms with E-state index in [1.165, 1.54) is 6.07 Å².